The van der Waals surface area contributed by atoms with Gasteiger partial charge in [-0.15, -0.1) is 0 Å². The first-order valence-corrected chi connectivity index (χ1v) is 10.9. The van der Waals surface area contributed by atoms with E-state index in [-0.39, 0.29) is 42.2 Å². The van der Waals surface area contributed by atoms with Gasteiger partial charge in [-0.25, -0.2) is 9.59 Å². The minimum Gasteiger partial charge on any atom is -0.467 e. The number of hydrogen-bond acceptors (Lipinski definition) is 6. The molecule has 2 saturated heterocycles. The molecule has 158 valence electrons. The van der Waals surface area contributed by atoms with Crippen molar-refractivity contribution in [3.8, 4) is 0 Å². The Morgan fingerprint density at radius 3 is 2.50 bits per heavy atom. The fraction of sp³-hybridized carbons (Fsp3) is 0.778. The Labute approximate surface area is 169 Å². The number of methoxy groups -OCH3 is 1. The number of hydrogen-bond donors (Lipinski definition) is 2. The number of rotatable bonds is 6. The maximum atomic E-state index is 13.2. The summed E-state index contributed by atoms with van der Waals surface area (Å²) in [5, 5.41) is 5.60. The summed E-state index contributed by atoms with van der Waals surface area (Å²) in [5.74, 6) is -0.573. The van der Waals surface area contributed by atoms with Crippen molar-refractivity contribution in [1.29, 1.82) is 0 Å². The van der Waals surface area contributed by atoms with Crippen LogP contribution in [0.3, 0.4) is 0 Å². The molecule has 0 aliphatic carbocycles. The fourth-order valence-electron chi connectivity index (χ4n) is 3.75. The van der Waals surface area contributed by atoms with Crippen molar-refractivity contribution in [2.75, 3.05) is 32.2 Å². The predicted molar refractivity (Wildman–Crippen MR) is 106 cm³/mol. The van der Waals surface area contributed by atoms with Crippen molar-refractivity contribution >= 4 is 35.6 Å². The molecule has 0 aromatic heterocycles. The molecule has 2 fully saturated rings. The van der Waals surface area contributed by atoms with E-state index in [1.807, 2.05) is 20.1 Å². The predicted octanol–water partition coefficient (Wildman–Crippen LogP) is 0.191. The molecule has 9 nitrogen and oxygen atoms in total. The average Bonchev–Trinajstić information content (AvgIpc) is 3.27. The van der Waals surface area contributed by atoms with Crippen LogP contribution in [0, 0.1) is 0 Å². The van der Waals surface area contributed by atoms with Gasteiger partial charge in [0, 0.05) is 19.1 Å². The highest BCUT2D eigenvalue weighted by Crippen LogP contribution is 2.26. The molecule has 0 aromatic carbocycles. The van der Waals surface area contributed by atoms with E-state index in [4.69, 9.17) is 4.74 Å². The fourth-order valence-corrected chi connectivity index (χ4v) is 4.16. The number of esters is 1. The first kappa shape index (κ1) is 22.3. The molecular formula is C18H30N4O5S. The standard InChI is InChI=1S/C18H30N4O5S/c1-11(2)19-18(26)20-12-8-14(22(9-12)15(23)10-28-4)16(24)21-7-5-6-13(21)17(25)27-3/h11-14H,5-10H2,1-4H3,(H2,19,20,26)/t12-,13+,14-/m0/s1. The van der Waals surface area contributed by atoms with Crippen molar-refractivity contribution < 1.29 is 23.9 Å². The van der Waals surface area contributed by atoms with Crippen molar-refractivity contribution in [1.82, 2.24) is 20.4 Å². The summed E-state index contributed by atoms with van der Waals surface area (Å²) in [4.78, 5) is 52.9. The molecule has 0 saturated carbocycles. The Morgan fingerprint density at radius 2 is 1.89 bits per heavy atom. The molecule has 3 atom stereocenters. The van der Waals surface area contributed by atoms with Gasteiger partial charge in [-0.3, -0.25) is 9.59 Å². The second-order valence-corrected chi connectivity index (χ2v) is 8.28. The lowest BCUT2D eigenvalue weighted by atomic mass is 10.1. The quantitative estimate of drug-likeness (QED) is 0.601. The van der Waals surface area contributed by atoms with E-state index in [2.05, 4.69) is 10.6 Å². The van der Waals surface area contributed by atoms with E-state index in [0.29, 0.717) is 19.4 Å². The number of nitrogens with zero attached hydrogens (tertiary/aromatic N) is 2. The highest BCUT2D eigenvalue weighted by atomic mass is 32.2. The number of carbonyl (C=O) groups excluding carboxylic acids is 4. The zero-order valence-corrected chi connectivity index (χ0v) is 17.7. The summed E-state index contributed by atoms with van der Waals surface area (Å²) >= 11 is 1.39. The van der Waals surface area contributed by atoms with E-state index < -0.39 is 18.1 Å². The third-order valence-corrected chi connectivity index (χ3v) is 5.47. The van der Waals surface area contributed by atoms with Crippen LogP contribution in [0.2, 0.25) is 0 Å². The van der Waals surface area contributed by atoms with E-state index in [1.54, 1.807) is 0 Å². The molecular weight excluding hydrogens is 384 g/mol. The van der Waals surface area contributed by atoms with Gasteiger partial charge in [-0.1, -0.05) is 0 Å². The Kier molecular flexibility index (Phi) is 7.97. The number of amides is 4. The van der Waals surface area contributed by atoms with E-state index in [9.17, 15) is 19.2 Å². The minimum absolute atomic E-state index is 0.0153. The molecule has 2 heterocycles. The van der Waals surface area contributed by atoms with Gasteiger partial charge in [0.15, 0.2) is 0 Å². The molecule has 4 amide bonds. The SMILES string of the molecule is COC(=O)[C@H]1CCCN1C(=O)[C@@H]1C[C@H](NC(=O)NC(C)C)CN1C(=O)CSC. The Hall–Kier alpha value is -1.97. The molecule has 0 spiro atoms. The summed E-state index contributed by atoms with van der Waals surface area (Å²) in [6, 6.07) is -1.95. The second kappa shape index (κ2) is 9.99. The van der Waals surface area contributed by atoms with Crippen molar-refractivity contribution in [3.05, 3.63) is 0 Å². The molecule has 10 heteroatoms. The van der Waals surface area contributed by atoms with Gasteiger partial charge in [0.05, 0.1) is 18.9 Å². The van der Waals surface area contributed by atoms with E-state index in [0.717, 1.165) is 6.42 Å². The van der Waals surface area contributed by atoms with Crippen LogP contribution in [-0.4, -0.2) is 90.0 Å². The Bertz CT molecular complexity index is 615. The van der Waals surface area contributed by atoms with Gasteiger partial charge in [-0.2, -0.15) is 11.8 Å². The Morgan fingerprint density at radius 1 is 1.18 bits per heavy atom. The molecule has 2 aliphatic heterocycles. The summed E-state index contributed by atoms with van der Waals surface area (Å²) < 4.78 is 4.82. The number of urea groups is 1. The van der Waals surface area contributed by atoms with Gasteiger partial charge < -0.3 is 25.2 Å². The van der Waals surface area contributed by atoms with Crippen LogP contribution in [0.25, 0.3) is 0 Å². The molecule has 2 rings (SSSR count). The molecule has 2 N–H and O–H groups in total. The van der Waals surface area contributed by atoms with Crippen LogP contribution in [0.15, 0.2) is 0 Å². The minimum atomic E-state index is -0.686. The van der Waals surface area contributed by atoms with Gasteiger partial charge >= 0.3 is 12.0 Å². The Balaban J connectivity index is 2.13. The summed E-state index contributed by atoms with van der Waals surface area (Å²) in [6.07, 6.45) is 3.43. The third kappa shape index (κ3) is 5.30. The normalized spacial score (nSPS) is 24.4. The molecule has 2 aliphatic rings. The second-order valence-electron chi connectivity index (χ2n) is 7.41. The smallest absolute Gasteiger partial charge is 0.328 e. The van der Waals surface area contributed by atoms with Crippen LogP contribution in [0.4, 0.5) is 4.79 Å². The van der Waals surface area contributed by atoms with Crippen LogP contribution in [-0.2, 0) is 19.1 Å². The first-order valence-electron chi connectivity index (χ1n) is 9.52. The number of likely N-dealkylation sites (tertiary alicyclic amines) is 2. The van der Waals surface area contributed by atoms with Crippen LogP contribution < -0.4 is 10.6 Å². The zero-order valence-electron chi connectivity index (χ0n) is 16.9. The summed E-state index contributed by atoms with van der Waals surface area (Å²) in [6.45, 7) is 4.45. The summed E-state index contributed by atoms with van der Waals surface area (Å²) in [5.41, 5.74) is 0. The molecule has 0 unspecified atom stereocenters. The van der Waals surface area contributed by atoms with Gasteiger partial charge in [0.2, 0.25) is 11.8 Å². The largest absolute Gasteiger partial charge is 0.467 e. The maximum absolute atomic E-state index is 13.2. The lowest BCUT2D eigenvalue weighted by molar-refractivity contribution is -0.153. The number of ether oxygens (including phenoxy) is 1. The average molecular weight is 415 g/mol. The zero-order chi connectivity index (χ0) is 20.8. The van der Waals surface area contributed by atoms with E-state index in [1.165, 1.54) is 28.7 Å². The van der Waals surface area contributed by atoms with Crippen molar-refractivity contribution in [2.45, 2.75) is 57.3 Å². The van der Waals surface area contributed by atoms with Gasteiger partial charge in [-0.05, 0) is 39.4 Å². The van der Waals surface area contributed by atoms with Gasteiger partial charge in [0.25, 0.3) is 0 Å². The molecule has 0 radical (unpaired) electrons. The molecule has 0 bridgehead atoms. The van der Waals surface area contributed by atoms with Crippen LogP contribution in [0.5, 0.6) is 0 Å². The number of nitrogens with one attached hydrogen (secondary N) is 2. The van der Waals surface area contributed by atoms with Crippen molar-refractivity contribution in [2.24, 2.45) is 0 Å². The third-order valence-electron chi connectivity index (χ3n) is 4.94. The van der Waals surface area contributed by atoms with Crippen LogP contribution >= 0.6 is 11.8 Å². The van der Waals surface area contributed by atoms with Crippen LogP contribution in [0.1, 0.15) is 33.1 Å². The maximum Gasteiger partial charge on any atom is 0.328 e. The first-order chi connectivity index (χ1) is 13.3. The lowest BCUT2D eigenvalue weighted by Crippen LogP contribution is -2.51. The van der Waals surface area contributed by atoms with E-state index >= 15 is 0 Å². The lowest BCUT2D eigenvalue weighted by Gasteiger charge is -2.30. The molecule has 0 aromatic rings. The topological polar surface area (TPSA) is 108 Å². The highest BCUT2D eigenvalue weighted by molar-refractivity contribution is 7.99. The number of thioether (sulfide) groups is 1. The highest BCUT2D eigenvalue weighted by Gasteiger charge is 2.45. The van der Waals surface area contributed by atoms with Crippen molar-refractivity contribution in [3.63, 3.8) is 0 Å². The van der Waals surface area contributed by atoms with Gasteiger partial charge in [0.1, 0.15) is 12.1 Å². The summed E-state index contributed by atoms with van der Waals surface area (Å²) in [7, 11) is 1.31. The molecule has 28 heavy (non-hydrogen) atoms. The number of carbonyl (C=O) groups is 4. The monoisotopic (exact) mass is 414 g/mol.